The number of fused-ring (bicyclic) bond motifs is 1. The number of nitrogens with zero attached hydrogens (tertiary/aromatic N) is 1. The van der Waals surface area contributed by atoms with Crippen LogP contribution in [0.1, 0.15) is 5.69 Å². The minimum atomic E-state index is -3.60. The van der Waals surface area contributed by atoms with Crippen LogP contribution in [0.15, 0.2) is 41.6 Å². The minimum absolute atomic E-state index is 0.157. The van der Waals surface area contributed by atoms with Crippen LogP contribution < -0.4 is 10.5 Å². The molecule has 2 aromatic heterocycles. The number of aromatic amines is 2. The van der Waals surface area contributed by atoms with Gasteiger partial charge in [-0.05, 0) is 24.3 Å². The summed E-state index contributed by atoms with van der Waals surface area (Å²) in [6.45, 7) is 0.157. The summed E-state index contributed by atoms with van der Waals surface area (Å²) in [4.78, 5) is 3.11. The van der Waals surface area contributed by atoms with Crippen molar-refractivity contribution in [2.24, 2.45) is 0 Å². The van der Waals surface area contributed by atoms with Gasteiger partial charge in [0.25, 0.3) is 0 Å². The van der Waals surface area contributed by atoms with E-state index in [1.807, 2.05) is 0 Å². The number of hydrogen-bond acceptors (Lipinski definition) is 4. The van der Waals surface area contributed by atoms with Crippen molar-refractivity contribution in [3.05, 3.63) is 42.4 Å². The monoisotopic (exact) mass is 291 g/mol. The maximum absolute atomic E-state index is 12.3. The fourth-order valence-electron chi connectivity index (χ4n) is 1.97. The Morgan fingerprint density at radius 1 is 1.30 bits per heavy atom. The molecule has 0 amide bonds. The molecule has 1 aromatic carbocycles. The topological polar surface area (TPSA) is 117 Å². The summed E-state index contributed by atoms with van der Waals surface area (Å²) in [5.74, 6) is 0. The smallest absolute Gasteiger partial charge is 0.243 e. The summed E-state index contributed by atoms with van der Waals surface area (Å²) in [6, 6.07) is 6.76. The molecule has 0 aliphatic heterocycles. The van der Waals surface area contributed by atoms with Gasteiger partial charge in [0.2, 0.25) is 10.0 Å². The van der Waals surface area contributed by atoms with Gasteiger partial charge in [-0.3, -0.25) is 5.10 Å². The van der Waals surface area contributed by atoms with E-state index in [0.717, 1.165) is 0 Å². The average Bonchev–Trinajstić information content (AvgIpc) is 3.05. The first-order valence-corrected chi connectivity index (χ1v) is 7.39. The molecule has 104 valence electrons. The molecule has 0 aliphatic carbocycles. The van der Waals surface area contributed by atoms with Crippen molar-refractivity contribution in [1.82, 2.24) is 19.9 Å². The van der Waals surface area contributed by atoms with Crippen molar-refractivity contribution >= 4 is 26.6 Å². The highest BCUT2D eigenvalue weighted by Gasteiger charge is 2.18. The van der Waals surface area contributed by atoms with Gasteiger partial charge in [-0.15, -0.1) is 0 Å². The summed E-state index contributed by atoms with van der Waals surface area (Å²) in [5.41, 5.74) is 7.63. The number of H-pyrrole nitrogens is 2. The summed E-state index contributed by atoms with van der Waals surface area (Å²) >= 11 is 0. The molecule has 3 aromatic rings. The third kappa shape index (κ3) is 2.26. The van der Waals surface area contributed by atoms with E-state index in [1.54, 1.807) is 30.5 Å². The average molecular weight is 291 g/mol. The van der Waals surface area contributed by atoms with Gasteiger partial charge in [0.1, 0.15) is 4.90 Å². The van der Waals surface area contributed by atoms with Crippen LogP contribution in [-0.2, 0) is 16.6 Å². The maximum Gasteiger partial charge on any atom is 0.243 e. The molecule has 0 spiro atoms. The number of benzene rings is 1. The highest BCUT2D eigenvalue weighted by atomic mass is 32.2. The Hall–Kier alpha value is -2.32. The van der Waals surface area contributed by atoms with Crippen LogP contribution in [0.25, 0.3) is 10.9 Å². The van der Waals surface area contributed by atoms with E-state index in [2.05, 4.69) is 19.9 Å². The summed E-state index contributed by atoms with van der Waals surface area (Å²) < 4.78 is 27.1. The molecule has 2 heterocycles. The normalized spacial score (nSPS) is 12.0. The molecular weight excluding hydrogens is 278 g/mol. The van der Waals surface area contributed by atoms with Crippen LogP contribution in [0.5, 0.6) is 0 Å². The lowest BCUT2D eigenvalue weighted by atomic mass is 10.2. The highest BCUT2D eigenvalue weighted by molar-refractivity contribution is 7.89. The van der Waals surface area contributed by atoms with E-state index < -0.39 is 10.0 Å². The van der Waals surface area contributed by atoms with Crippen molar-refractivity contribution < 1.29 is 8.42 Å². The molecule has 7 nitrogen and oxygen atoms in total. The molecule has 8 heteroatoms. The van der Waals surface area contributed by atoms with E-state index in [9.17, 15) is 8.42 Å². The molecule has 0 atom stereocenters. The zero-order chi connectivity index (χ0) is 14.2. The number of anilines is 1. The fourth-order valence-corrected chi connectivity index (χ4v) is 3.16. The number of nitrogens with one attached hydrogen (secondary N) is 3. The van der Waals surface area contributed by atoms with Crippen LogP contribution in [0.2, 0.25) is 0 Å². The Bertz CT molecular complexity index is 836. The Morgan fingerprint density at radius 3 is 2.90 bits per heavy atom. The first kappa shape index (κ1) is 12.7. The molecule has 20 heavy (non-hydrogen) atoms. The number of nitrogen functional groups attached to an aromatic ring is 1. The zero-order valence-electron chi connectivity index (χ0n) is 10.4. The first-order valence-electron chi connectivity index (χ1n) is 5.91. The predicted molar refractivity (Wildman–Crippen MR) is 75.3 cm³/mol. The van der Waals surface area contributed by atoms with E-state index in [4.69, 9.17) is 5.73 Å². The van der Waals surface area contributed by atoms with Crippen molar-refractivity contribution in [2.45, 2.75) is 11.4 Å². The van der Waals surface area contributed by atoms with Gasteiger partial charge in [-0.25, -0.2) is 13.1 Å². The lowest BCUT2D eigenvalue weighted by Gasteiger charge is -2.04. The van der Waals surface area contributed by atoms with Gasteiger partial charge in [-0.2, -0.15) is 5.10 Å². The van der Waals surface area contributed by atoms with E-state index in [1.165, 1.54) is 6.20 Å². The van der Waals surface area contributed by atoms with Crippen molar-refractivity contribution in [1.29, 1.82) is 0 Å². The van der Waals surface area contributed by atoms with Crippen molar-refractivity contribution in [3.63, 3.8) is 0 Å². The van der Waals surface area contributed by atoms with Gasteiger partial charge in [0.15, 0.2) is 0 Å². The van der Waals surface area contributed by atoms with Gasteiger partial charge in [0.05, 0.1) is 12.2 Å². The highest BCUT2D eigenvalue weighted by Crippen LogP contribution is 2.24. The van der Waals surface area contributed by atoms with E-state index in [0.29, 0.717) is 22.3 Å². The van der Waals surface area contributed by atoms with Gasteiger partial charge >= 0.3 is 0 Å². The molecule has 5 N–H and O–H groups in total. The second-order valence-corrected chi connectivity index (χ2v) is 6.10. The summed E-state index contributed by atoms with van der Waals surface area (Å²) in [5, 5.41) is 7.07. The number of aromatic nitrogens is 3. The quantitative estimate of drug-likeness (QED) is 0.535. The second kappa shape index (κ2) is 4.66. The largest absolute Gasteiger partial charge is 0.399 e. The molecule has 3 rings (SSSR count). The van der Waals surface area contributed by atoms with Crippen LogP contribution in [0, 0.1) is 0 Å². The zero-order valence-corrected chi connectivity index (χ0v) is 11.2. The van der Waals surface area contributed by atoms with Crippen LogP contribution in [0.3, 0.4) is 0 Å². The summed E-state index contributed by atoms with van der Waals surface area (Å²) in [6.07, 6.45) is 3.03. The van der Waals surface area contributed by atoms with Gasteiger partial charge in [0, 0.05) is 29.0 Å². The molecule has 0 fully saturated rings. The molecule has 0 radical (unpaired) electrons. The fraction of sp³-hybridized carbons (Fsp3) is 0.0833. The van der Waals surface area contributed by atoms with Crippen molar-refractivity contribution in [3.8, 4) is 0 Å². The molecule has 0 saturated carbocycles. The van der Waals surface area contributed by atoms with Crippen molar-refractivity contribution in [2.75, 3.05) is 5.73 Å². The number of nitrogens with two attached hydrogens (primary N) is 1. The van der Waals surface area contributed by atoms with Gasteiger partial charge < -0.3 is 10.7 Å². The molecule has 0 unspecified atom stereocenters. The lowest BCUT2D eigenvalue weighted by molar-refractivity contribution is 0.581. The molecule has 0 bridgehead atoms. The standard InChI is InChI=1S/C12H13N5O2S/c13-8-1-2-10-11(5-8)14-7-12(10)20(18,19)16-6-9-3-4-15-17-9/h1-5,7,14,16H,6,13H2,(H,15,17). The number of hydrogen-bond donors (Lipinski definition) is 4. The molecule has 0 saturated heterocycles. The molecular formula is C12H13N5O2S. The third-order valence-corrected chi connectivity index (χ3v) is 4.41. The third-order valence-electron chi connectivity index (χ3n) is 2.97. The Labute approximate surface area is 115 Å². The Morgan fingerprint density at radius 2 is 2.15 bits per heavy atom. The van der Waals surface area contributed by atoms with Gasteiger partial charge in [-0.1, -0.05) is 0 Å². The van der Waals surface area contributed by atoms with Crippen LogP contribution >= 0.6 is 0 Å². The maximum atomic E-state index is 12.3. The Balaban J connectivity index is 1.93. The van der Waals surface area contributed by atoms with Crippen LogP contribution in [-0.4, -0.2) is 23.6 Å². The number of sulfonamides is 1. The lowest BCUT2D eigenvalue weighted by Crippen LogP contribution is -2.23. The first-order chi connectivity index (χ1) is 9.56. The SMILES string of the molecule is Nc1ccc2c(S(=O)(=O)NCc3ccn[nH]3)c[nH]c2c1. The second-order valence-electron chi connectivity index (χ2n) is 4.36. The van der Waals surface area contributed by atoms with E-state index in [-0.39, 0.29) is 11.4 Å². The predicted octanol–water partition coefficient (Wildman–Crippen LogP) is 0.952. The summed E-state index contributed by atoms with van der Waals surface area (Å²) in [7, 11) is -3.60. The Kier molecular flexibility index (Phi) is 2.96. The van der Waals surface area contributed by atoms with Crippen LogP contribution in [0.4, 0.5) is 5.69 Å². The number of rotatable bonds is 4. The minimum Gasteiger partial charge on any atom is -0.399 e. The van der Waals surface area contributed by atoms with E-state index >= 15 is 0 Å². The molecule has 0 aliphatic rings.